The van der Waals surface area contributed by atoms with Crippen LogP contribution < -0.4 is 0 Å². The Bertz CT molecular complexity index is 509. The highest BCUT2D eigenvalue weighted by atomic mass is 16.3. The number of hydrogen-bond acceptors (Lipinski definition) is 3. The molecule has 0 bridgehead atoms. The summed E-state index contributed by atoms with van der Waals surface area (Å²) in [4.78, 5) is 22.8. The Labute approximate surface area is 127 Å². The molecule has 0 aliphatic heterocycles. The van der Waals surface area contributed by atoms with Gasteiger partial charge in [-0.05, 0) is 44.8 Å². The van der Waals surface area contributed by atoms with E-state index in [0.717, 1.165) is 23.1 Å². The van der Waals surface area contributed by atoms with Gasteiger partial charge in [0.15, 0.2) is 5.78 Å². The molecule has 21 heavy (non-hydrogen) atoms. The van der Waals surface area contributed by atoms with E-state index in [0.29, 0.717) is 19.3 Å². The number of allylic oxidation sites excluding steroid dienone is 5. The number of Topliss-reactive ketones (excluding diaryl/α,β-unsaturated/α-hetero) is 2. The first-order valence-electron chi connectivity index (χ1n) is 7.50. The Morgan fingerprint density at radius 3 is 2.62 bits per heavy atom. The van der Waals surface area contributed by atoms with Crippen LogP contribution in [0.1, 0.15) is 53.4 Å². The van der Waals surface area contributed by atoms with Gasteiger partial charge in [0.25, 0.3) is 0 Å². The monoisotopic (exact) mass is 290 g/mol. The van der Waals surface area contributed by atoms with Gasteiger partial charge in [-0.3, -0.25) is 4.79 Å². The number of hydrogen-bond donors (Lipinski definition) is 1. The van der Waals surface area contributed by atoms with Crippen molar-refractivity contribution >= 4 is 11.6 Å². The molecule has 0 aromatic carbocycles. The maximum atomic E-state index is 11.9. The first kappa shape index (κ1) is 17.6. The predicted octanol–water partition coefficient (Wildman–Crippen LogP) is 3.54. The topological polar surface area (TPSA) is 54.4 Å². The van der Waals surface area contributed by atoms with Crippen LogP contribution in [0.3, 0.4) is 0 Å². The molecule has 116 valence electrons. The molecule has 0 heterocycles. The molecule has 0 unspecified atom stereocenters. The van der Waals surface area contributed by atoms with Crippen LogP contribution in [0.25, 0.3) is 0 Å². The minimum atomic E-state index is -0.339. The molecular formula is C18H26O3. The standard InChI is InChI=1S/C18H26O3/c1-13(6-5-7-14(2)20)8-9-16-15(3)17(21)10-11-18(16,4)12-19/h6,8-9,19H,5,7,10-12H2,1-4H3/b9-8+,13-6+/t18-/m1/s1. The van der Waals surface area contributed by atoms with Gasteiger partial charge in [0.05, 0.1) is 6.61 Å². The third-order valence-corrected chi connectivity index (χ3v) is 4.20. The van der Waals surface area contributed by atoms with Crippen molar-refractivity contribution < 1.29 is 14.7 Å². The van der Waals surface area contributed by atoms with Crippen molar-refractivity contribution in [1.82, 2.24) is 0 Å². The van der Waals surface area contributed by atoms with E-state index in [-0.39, 0.29) is 23.6 Å². The fourth-order valence-corrected chi connectivity index (χ4v) is 2.59. The molecule has 1 atom stereocenters. The summed E-state index contributed by atoms with van der Waals surface area (Å²) in [5, 5.41) is 9.66. The zero-order valence-corrected chi connectivity index (χ0v) is 13.5. The fourth-order valence-electron chi connectivity index (χ4n) is 2.59. The van der Waals surface area contributed by atoms with Gasteiger partial charge in [0, 0.05) is 18.3 Å². The normalized spacial score (nSPS) is 24.0. The van der Waals surface area contributed by atoms with Gasteiger partial charge in [-0.25, -0.2) is 0 Å². The highest BCUT2D eigenvalue weighted by Crippen LogP contribution is 2.39. The minimum absolute atomic E-state index is 0.0460. The maximum Gasteiger partial charge on any atom is 0.158 e. The van der Waals surface area contributed by atoms with Gasteiger partial charge in [-0.15, -0.1) is 0 Å². The summed E-state index contributed by atoms with van der Waals surface area (Å²) < 4.78 is 0. The molecule has 0 radical (unpaired) electrons. The molecule has 3 nitrogen and oxygen atoms in total. The number of rotatable bonds is 6. The quantitative estimate of drug-likeness (QED) is 0.761. The Morgan fingerprint density at radius 1 is 1.38 bits per heavy atom. The molecule has 1 N–H and O–H groups in total. The van der Waals surface area contributed by atoms with E-state index in [9.17, 15) is 14.7 Å². The molecule has 0 aromatic rings. The van der Waals surface area contributed by atoms with Crippen molar-refractivity contribution in [3.8, 4) is 0 Å². The molecule has 3 heteroatoms. The van der Waals surface area contributed by atoms with Crippen molar-refractivity contribution in [3.05, 3.63) is 34.9 Å². The second-order valence-corrected chi connectivity index (χ2v) is 6.20. The van der Waals surface area contributed by atoms with Crippen LogP contribution in [0.4, 0.5) is 0 Å². The van der Waals surface area contributed by atoms with Crippen molar-refractivity contribution in [2.45, 2.75) is 53.4 Å². The first-order valence-corrected chi connectivity index (χ1v) is 7.50. The van der Waals surface area contributed by atoms with Crippen molar-refractivity contribution in [3.63, 3.8) is 0 Å². The molecule has 0 spiro atoms. The average molecular weight is 290 g/mol. The first-order chi connectivity index (χ1) is 9.80. The molecular weight excluding hydrogens is 264 g/mol. The second kappa shape index (κ2) is 7.51. The zero-order chi connectivity index (χ0) is 16.0. The Kier molecular flexibility index (Phi) is 6.28. The van der Waals surface area contributed by atoms with E-state index in [1.807, 2.05) is 39.0 Å². The molecule has 1 rings (SSSR count). The number of carbonyl (C=O) groups is 2. The van der Waals surface area contributed by atoms with Gasteiger partial charge in [0.1, 0.15) is 5.78 Å². The number of aliphatic hydroxyl groups excluding tert-OH is 1. The van der Waals surface area contributed by atoms with E-state index in [2.05, 4.69) is 0 Å². The van der Waals surface area contributed by atoms with Crippen LogP contribution in [0.5, 0.6) is 0 Å². The second-order valence-electron chi connectivity index (χ2n) is 6.20. The fraction of sp³-hybridized carbons (Fsp3) is 0.556. The lowest BCUT2D eigenvalue weighted by atomic mass is 9.71. The largest absolute Gasteiger partial charge is 0.395 e. The Morgan fingerprint density at radius 2 is 2.05 bits per heavy atom. The van der Waals surface area contributed by atoms with Gasteiger partial charge in [0.2, 0.25) is 0 Å². The summed E-state index contributed by atoms with van der Waals surface area (Å²) in [5.41, 5.74) is 2.41. The van der Waals surface area contributed by atoms with Crippen LogP contribution in [-0.2, 0) is 9.59 Å². The lowest BCUT2D eigenvalue weighted by Crippen LogP contribution is -2.30. The third-order valence-electron chi connectivity index (χ3n) is 4.20. The molecule has 1 aliphatic rings. The SMILES string of the molecule is CC(=O)CC/C=C(C)/C=C/C1=C(C)C(=O)CC[C@]1(C)CO. The van der Waals surface area contributed by atoms with Crippen molar-refractivity contribution in [1.29, 1.82) is 0 Å². The van der Waals surface area contributed by atoms with Gasteiger partial charge < -0.3 is 9.90 Å². The summed E-state index contributed by atoms with van der Waals surface area (Å²) >= 11 is 0. The molecule has 0 amide bonds. The van der Waals surface area contributed by atoms with E-state index in [1.165, 1.54) is 0 Å². The third kappa shape index (κ3) is 4.78. The van der Waals surface area contributed by atoms with E-state index in [4.69, 9.17) is 0 Å². The van der Waals surface area contributed by atoms with Crippen molar-refractivity contribution in [2.75, 3.05) is 6.61 Å². The molecule has 0 saturated heterocycles. The molecule has 0 aromatic heterocycles. The highest BCUT2D eigenvalue weighted by molar-refractivity contribution is 5.97. The van der Waals surface area contributed by atoms with Crippen LogP contribution in [-0.4, -0.2) is 23.3 Å². The molecule has 0 saturated carbocycles. The zero-order valence-electron chi connectivity index (χ0n) is 13.5. The number of carbonyl (C=O) groups excluding carboxylic acids is 2. The number of aliphatic hydroxyl groups is 1. The van der Waals surface area contributed by atoms with E-state index in [1.54, 1.807) is 6.92 Å². The lowest BCUT2D eigenvalue weighted by molar-refractivity contribution is -0.117. The highest BCUT2D eigenvalue weighted by Gasteiger charge is 2.34. The number of ketones is 2. The van der Waals surface area contributed by atoms with Crippen LogP contribution in [0.15, 0.2) is 34.9 Å². The van der Waals surface area contributed by atoms with Gasteiger partial charge in [-0.1, -0.05) is 30.7 Å². The maximum absolute atomic E-state index is 11.9. The Balaban J connectivity index is 2.91. The van der Waals surface area contributed by atoms with E-state index >= 15 is 0 Å². The van der Waals surface area contributed by atoms with Crippen LogP contribution >= 0.6 is 0 Å². The van der Waals surface area contributed by atoms with E-state index < -0.39 is 0 Å². The van der Waals surface area contributed by atoms with Gasteiger partial charge in [-0.2, -0.15) is 0 Å². The Hall–Kier alpha value is -1.48. The van der Waals surface area contributed by atoms with Crippen LogP contribution in [0, 0.1) is 5.41 Å². The summed E-state index contributed by atoms with van der Waals surface area (Å²) in [6.45, 7) is 7.45. The average Bonchev–Trinajstić information content (AvgIpc) is 2.43. The summed E-state index contributed by atoms with van der Waals surface area (Å²) in [7, 11) is 0. The minimum Gasteiger partial charge on any atom is -0.395 e. The van der Waals surface area contributed by atoms with Crippen LogP contribution in [0.2, 0.25) is 0 Å². The van der Waals surface area contributed by atoms with Crippen molar-refractivity contribution in [2.24, 2.45) is 5.41 Å². The molecule has 1 aliphatic carbocycles. The smallest absolute Gasteiger partial charge is 0.158 e. The van der Waals surface area contributed by atoms with Gasteiger partial charge >= 0.3 is 0 Å². The predicted molar refractivity (Wildman–Crippen MR) is 84.9 cm³/mol. The summed E-state index contributed by atoms with van der Waals surface area (Å²) in [6, 6.07) is 0. The molecule has 0 fully saturated rings. The summed E-state index contributed by atoms with van der Waals surface area (Å²) in [6.07, 6.45) is 8.42. The lowest BCUT2D eigenvalue weighted by Gasteiger charge is -2.34. The summed E-state index contributed by atoms with van der Waals surface area (Å²) in [5.74, 6) is 0.353.